The predicted octanol–water partition coefficient (Wildman–Crippen LogP) is 5.94. The molecule has 6 heteroatoms. The highest BCUT2D eigenvalue weighted by molar-refractivity contribution is 7.15. The van der Waals surface area contributed by atoms with Crippen molar-refractivity contribution in [3.8, 4) is 16.4 Å². The Morgan fingerprint density at radius 1 is 1.15 bits per heavy atom. The number of hydrogen-bond acceptors (Lipinski definition) is 3. The van der Waals surface area contributed by atoms with Crippen molar-refractivity contribution in [2.45, 2.75) is 57.3 Å². The SMILES string of the molecule is CC(C)(C)c1cnc(-c2nn(-c3ccc(F)cc3F)c3c2[C@@H]2CC[C@H]3C2)s1. The smallest absolute Gasteiger partial charge is 0.151 e. The van der Waals surface area contributed by atoms with Crippen LogP contribution in [0.3, 0.4) is 0 Å². The maximum atomic E-state index is 14.5. The second kappa shape index (κ2) is 5.71. The summed E-state index contributed by atoms with van der Waals surface area (Å²) in [7, 11) is 0. The van der Waals surface area contributed by atoms with E-state index in [1.165, 1.54) is 22.6 Å². The first-order chi connectivity index (χ1) is 12.8. The highest BCUT2D eigenvalue weighted by atomic mass is 32.1. The summed E-state index contributed by atoms with van der Waals surface area (Å²) < 4.78 is 29.6. The van der Waals surface area contributed by atoms with Gasteiger partial charge < -0.3 is 0 Å². The van der Waals surface area contributed by atoms with E-state index in [9.17, 15) is 8.78 Å². The third kappa shape index (κ3) is 2.57. The molecule has 0 radical (unpaired) electrons. The van der Waals surface area contributed by atoms with E-state index in [1.807, 2.05) is 6.20 Å². The zero-order valence-corrected chi connectivity index (χ0v) is 16.4. The van der Waals surface area contributed by atoms with E-state index in [0.717, 1.165) is 41.7 Å². The van der Waals surface area contributed by atoms with Crippen molar-refractivity contribution in [2.24, 2.45) is 0 Å². The Balaban J connectivity index is 1.70. The Morgan fingerprint density at radius 3 is 2.63 bits per heavy atom. The van der Waals surface area contributed by atoms with Crippen LogP contribution in [-0.2, 0) is 5.41 Å². The highest BCUT2D eigenvalue weighted by Crippen LogP contribution is 2.56. The molecule has 3 nitrogen and oxygen atoms in total. The van der Waals surface area contributed by atoms with E-state index in [2.05, 4.69) is 25.8 Å². The second-order valence-electron chi connectivity index (χ2n) is 8.64. The van der Waals surface area contributed by atoms with Crippen LogP contribution in [0, 0.1) is 11.6 Å². The lowest BCUT2D eigenvalue weighted by Gasteiger charge is -2.14. The monoisotopic (exact) mass is 385 g/mol. The Morgan fingerprint density at radius 2 is 1.93 bits per heavy atom. The van der Waals surface area contributed by atoms with Gasteiger partial charge in [0.15, 0.2) is 5.82 Å². The summed E-state index contributed by atoms with van der Waals surface area (Å²) >= 11 is 1.66. The minimum Gasteiger partial charge on any atom is -0.242 e. The summed E-state index contributed by atoms with van der Waals surface area (Å²) in [5.74, 6) is -0.280. The summed E-state index contributed by atoms with van der Waals surface area (Å²) in [4.78, 5) is 5.85. The summed E-state index contributed by atoms with van der Waals surface area (Å²) in [6.45, 7) is 6.51. The molecule has 2 heterocycles. The van der Waals surface area contributed by atoms with Crippen molar-refractivity contribution in [1.29, 1.82) is 0 Å². The van der Waals surface area contributed by atoms with Gasteiger partial charge in [-0.25, -0.2) is 18.4 Å². The fraction of sp³-hybridized carbons (Fsp3) is 0.429. The molecule has 1 saturated carbocycles. The standard InChI is InChI=1S/C21H21F2N3S/c1-21(2,3)16-10-24-20(27-16)18-17-11-4-5-12(8-11)19(17)26(25-18)15-7-6-13(22)9-14(15)23/h6-7,9-12H,4-5,8H2,1-3H3/t11-,12+/m1/s1. The predicted molar refractivity (Wildman–Crippen MR) is 103 cm³/mol. The molecule has 27 heavy (non-hydrogen) atoms. The molecule has 1 fully saturated rings. The van der Waals surface area contributed by atoms with Crippen LogP contribution < -0.4 is 0 Å². The van der Waals surface area contributed by atoms with Crippen molar-refractivity contribution in [1.82, 2.24) is 14.8 Å². The molecule has 2 aromatic heterocycles. The van der Waals surface area contributed by atoms with E-state index >= 15 is 0 Å². The number of aromatic nitrogens is 3. The Bertz CT molecular complexity index is 1040. The Kier molecular flexibility index (Phi) is 3.60. The molecule has 1 aromatic carbocycles. The van der Waals surface area contributed by atoms with E-state index in [1.54, 1.807) is 16.0 Å². The van der Waals surface area contributed by atoms with Gasteiger partial charge in [0.25, 0.3) is 0 Å². The summed E-state index contributed by atoms with van der Waals surface area (Å²) in [5.41, 5.74) is 3.55. The zero-order valence-electron chi connectivity index (χ0n) is 15.6. The zero-order chi connectivity index (χ0) is 18.9. The Hall–Kier alpha value is -2.08. The molecule has 0 aliphatic heterocycles. The average molecular weight is 385 g/mol. The fourth-order valence-corrected chi connectivity index (χ4v) is 5.43. The maximum Gasteiger partial charge on any atom is 0.151 e. The number of halogens is 2. The first kappa shape index (κ1) is 17.0. The van der Waals surface area contributed by atoms with Crippen LogP contribution in [0.4, 0.5) is 8.78 Å². The number of fused-ring (bicyclic) bond motifs is 5. The van der Waals surface area contributed by atoms with Gasteiger partial charge in [-0.3, -0.25) is 0 Å². The lowest BCUT2D eigenvalue weighted by Crippen LogP contribution is -2.07. The molecular formula is C21H21F2N3S. The van der Waals surface area contributed by atoms with Crippen molar-refractivity contribution in [3.05, 3.63) is 52.2 Å². The van der Waals surface area contributed by atoms with Crippen molar-refractivity contribution >= 4 is 11.3 Å². The molecule has 140 valence electrons. The minimum atomic E-state index is -0.579. The highest BCUT2D eigenvalue weighted by Gasteiger charge is 2.43. The molecule has 0 spiro atoms. The van der Waals surface area contributed by atoms with Gasteiger partial charge in [0.1, 0.15) is 22.2 Å². The molecule has 0 amide bonds. The van der Waals surface area contributed by atoms with Crippen LogP contribution >= 0.6 is 11.3 Å². The summed E-state index contributed by atoms with van der Waals surface area (Å²) in [6.07, 6.45) is 5.29. The summed E-state index contributed by atoms with van der Waals surface area (Å²) in [5, 5.41) is 5.69. The summed E-state index contributed by atoms with van der Waals surface area (Å²) in [6, 6.07) is 3.70. The molecule has 0 saturated heterocycles. The van der Waals surface area contributed by atoms with Gasteiger partial charge in [0.05, 0.1) is 5.69 Å². The van der Waals surface area contributed by atoms with E-state index in [4.69, 9.17) is 5.10 Å². The van der Waals surface area contributed by atoms with Gasteiger partial charge in [0, 0.05) is 28.6 Å². The van der Waals surface area contributed by atoms with Crippen molar-refractivity contribution in [2.75, 3.05) is 0 Å². The van der Waals surface area contributed by atoms with E-state index < -0.39 is 11.6 Å². The van der Waals surface area contributed by atoms with Gasteiger partial charge >= 0.3 is 0 Å². The van der Waals surface area contributed by atoms with E-state index in [0.29, 0.717) is 17.5 Å². The molecular weight excluding hydrogens is 364 g/mol. The van der Waals surface area contributed by atoms with Gasteiger partial charge in [-0.2, -0.15) is 5.10 Å². The molecule has 0 unspecified atom stereocenters. The van der Waals surface area contributed by atoms with Crippen LogP contribution in [-0.4, -0.2) is 14.8 Å². The molecule has 2 bridgehead atoms. The number of benzene rings is 1. The van der Waals surface area contributed by atoms with Crippen LogP contribution in [0.1, 0.15) is 68.0 Å². The molecule has 2 aliphatic rings. The van der Waals surface area contributed by atoms with Gasteiger partial charge in [-0.15, -0.1) is 11.3 Å². The van der Waals surface area contributed by atoms with Gasteiger partial charge in [-0.1, -0.05) is 20.8 Å². The fourth-order valence-electron chi connectivity index (χ4n) is 4.46. The molecule has 5 rings (SSSR count). The topological polar surface area (TPSA) is 30.7 Å². The van der Waals surface area contributed by atoms with Crippen molar-refractivity contribution < 1.29 is 8.78 Å². The maximum absolute atomic E-state index is 14.5. The van der Waals surface area contributed by atoms with Gasteiger partial charge in [0.2, 0.25) is 0 Å². The first-order valence-electron chi connectivity index (χ1n) is 9.38. The number of thiazole rings is 1. The van der Waals surface area contributed by atoms with Gasteiger partial charge in [-0.05, 0) is 42.7 Å². The molecule has 2 atom stereocenters. The van der Waals surface area contributed by atoms with Crippen LogP contribution in [0.5, 0.6) is 0 Å². The molecule has 0 N–H and O–H groups in total. The third-order valence-corrected chi connectivity index (χ3v) is 7.20. The average Bonchev–Trinajstić information content (AvgIpc) is 3.35. The lowest BCUT2D eigenvalue weighted by molar-refractivity contribution is 0.567. The normalized spacial score (nSPS) is 21.1. The first-order valence-corrected chi connectivity index (χ1v) is 10.2. The number of hydrogen-bond donors (Lipinski definition) is 0. The quantitative estimate of drug-likeness (QED) is 0.547. The lowest BCUT2D eigenvalue weighted by atomic mass is 9.95. The molecule has 2 aliphatic carbocycles. The van der Waals surface area contributed by atoms with Crippen molar-refractivity contribution in [3.63, 3.8) is 0 Å². The minimum absolute atomic E-state index is 0.0315. The van der Waals surface area contributed by atoms with Crippen LogP contribution in [0.25, 0.3) is 16.4 Å². The molecule has 3 aromatic rings. The Labute approximate surface area is 161 Å². The van der Waals surface area contributed by atoms with Crippen LogP contribution in [0.2, 0.25) is 0 Å². The largest absolute Gasteiger partial charge is 0.242 e. The van der Waals surface area contributed by atoms with Crippen LogP contribution in [0.15, 0.2) is 24.4 Å². The van der Waals surface area contributed by atoms with E-state index in [-0.39, 0.29) is 5.41 Å². The third-order valence-electron chi connectivity index (χ3n) is 5.77. The number of nitrogens with zero attached hydrogens (tertiary/aromatic N) is 3. The second-order valence-corrected chi connectivity index (χ2v) is 9.67. The number of rotatable bonds is 2.